The van der Waals surface area contributed by atoms with Crippen LogP contribution >= 0.6 is 0 Å². The van der Waals surface area contributed by atoms with Crippen molar-refractivity contribution >= 4 is 5.97 Å². The molecule has 0 spiro atoms. The number of nitrogens with zero attached hydrogens (tertiary/aromatic N) is 3. The Balaban J connectivity index is 2.23. The normalized spacial score (nSPS) is 10.1. The molecule has 0 amide bonds. The second kappa shape index (κ2) is 4.52. The summed E-state index contributed by atoms with van der Waals surface area (Å²) in [6.07, 6.45) is 4.62. The molecule has 82 valence electrons. The molecule has 2 aromatic heterocycles. The fourth-order valence-corrected chi connectivity index (χ4v) is 1.13. The Morgan fingerprint density at radius 1 is 1.44 bits per heavy atom. The van der Waals surface area contributed by atoms with E-state index in [4.69, 9.17) is 9.26 Å². The van der Waals surface area contributed by atoms with Gasteiger partial charge in [0.25, 0.3) is 0 Å². The molecule has 6 nitrogen and oxygen atoms in total. The van der Waals surface area contributed by atoms with Crippen molar-refractivity contribution in [3.05, 3.63) is 30.4 Å². The van der Waals surface area contributed by atoms with Crippen LogP contribution in [0.25, 0.3) is 11.4 Å². The summed E-state index contributed by atoms with van der Waals surface area (Å²) in [5.41, 5.74) is 0.998. The van der Waals surface area contributed by atoms with Crippen molar-refractivity contribution in [3.63, 3.8) is 0 Å². The van der Waals surface area contributed by atoms with Gasteiger partial charge in [0.15, 0.2) is 0 Å². The van der Waals surface area contributed by atoms with E-state index < -0.39 is 5.97 Å². The maximum atomic E-state index is 11.3. The van der Waals surface area contributed by atoms with E-state index in [0.717, 1.165) is 0 Å². The average Bonchev–Trinajstić information content (AvgIpc) is 2.80. The van der Waals surface area contributed by atoms with Crippen LogP contribution < -0.4 is 0 Å². The van der Waals surface area contributed by atoms with Crippen molar-refractivity contribution in [2.75, 3.05) is 6.61 Å². The first-order chi connectivity index (χ1) is 7.81. The van der Waals surface area contributed by atoms with Crippen LogP contribution in [0.5, 0.6) is 0 Å². The molecule has 0 fully saturated rings. The van der Waals surface area contributed by atoms with Gasteiger partial charge in [-0.05, 0) is 6.92 Å². The van der Waals surface area contributed by atoms with Crippen LogP contribution in [-0.4, -0.2) is 27.7 Å². The molecule has 0 aromatic carbocycles. The molecule has 2 heterocycles. The van der Waals surface area contributed by atoms with Gasteiger partial charge in [-0.2, -0.15) is 0 Å². The summed E-state index contributed by atoms with van der Waals surface area (Å²) in [5.74, 6) is -0.479. The van der Waals surface area contributed by atoms with Gasteiger partial charge in [-0.15, -0.1) is 0 Å². The number of ether oxygens (including phenoxy) is 1. The maximum Gasteiger partial charge on any atom is 0.377 e. The highest BCUT2D eigenvalue weighted by atomic mass is 16.6. The number of aromatic nitrogens is 3. The number of carbonyl (C=O) groups excluding carboxylic acids is 1. The van der Waals surface area contributed by atoms with Gasteiger partial charge in [-0.1, -0.05) is 5.16 Å². The standard InChI is InChI=1S/C10H9N3O3/c1-2-15-10(14)9-5-7(13-16-9)8-6-11-3-4-12-8/h3-6H,2H2,1H3. The van der Waals surface area contributed by atoms with Crippen molar-refractivity contribution in [2.45, 2.75) is 6.92 Å². The molecule has 16 heavy (non-hydrogen) atoms. The smallest absolute Gasteiger partial charge is 0.377 e. The zero-order chi connectivity index (χ0) is 11.4. The van der Waals surface area contributed by atoms with E-state index >= 15 is 0 Å². The van der Waals surface area contributed by atoms with Gasteiger partial charge in [0.2, 0.25) is 5.76 Å². The van der Waals surface area contributed by atoms with Crippen LogP contribution in [0.3, 0.4) is 0 Å². The van der Waals surface area contributed by atoms with Crippen LogP contribution in [-0.2, 0) is 4.74 Å². The number of esters is 1. The number of hydrogen-bond acceptors (Lipinski definition) is 6. The molecular formula is C10H9N3O3. The largest absolute Gasteiger partial charge is 0.460 e. The molecule has 0 bridgehead atoms. The Bertz CT molecular complexity index is 481. The zero-order valence-corrected chi connectivity index (χ0v) is 8.58. The van der Waals surface area contributed by atoms with Gasteiger partial charge in [0, 0.05) is 18.5 Å². The fourth-order valence-electron chi connectivity index (χ4n) is 1.13. The van der Waals surface area contributed by atoms with Crippen LogP contribution in [0.15, 0.2) is 29.2 Å². The van der Waals surface area contributed by atoms with Crippen molar-refractivity contribution < 1.29 is 14.1 Å². The summed E-state index contributed by atoms with van der Waals surface area (Å²) in [6, 6.07) is 1.47. The van der Waals surface area contributed by atoms with Gasteiger partial charge < -0.3 is 9.26 Å². The Hall–Kier alpha value is -2.24. The molecule has 0 radical (unpaired) electrons. The molecule has 0 atom stereocenters. The van der Waals surface area contributed by atoms with E-state index in [0.29, 0.717) is 18.0 Å². The van der Waals surface area contributed by atoms with Crippen LogP contribution in [0, 0.1) is 0 Å². The fraction of sp³-hybridized carbons (Fsp3) is 0.200. The molecule has 0 saturated carbocycles. The Morgan fingerprint density at radius 3 is 3.00 bits per heavy atom. The lowest BCUT2D eigenvalue weighted by atomic mass is 10.3. The van der Waals surface area contributed by atoms with E-state index in [1.54, 1.807) is 13.1 Å². The van der Waals surface area contributed by atoms with Crippen molar-refractivity contribution in [2.24, 2.45) is 0 Å². The third-order valence-electron chi connectivity index (χ3n) is 1.81. The minimum Gasteiger partial charge on any atom is -0.460 e. The predicted octanol–water partition coefficient (Wildman–Crippen LogP) is 1.31. The minimum atomic E-state index is -0.537. The van der Waals surface area contributed by atoms with Gasteiger partial charge in [0.05, 0.1) is 12.8 Å². The first-order valence-electron chi connectivity index (χ1n) is 4.71. The average molecular weight is 219 g/mol. The SMILES string of the molecule is CCOC(=O)c1cc(-c2cnccn2)no1. The Labute approximate surface area is 91.3 Å². The zero-order valence-electron chi connectivity index (χ0n) is 8.58. The van der Waals surface area contributed by atoms with Crippen LogP contribution in [0.2, 0.25) is 0 Å². The monoisotopic (exact) mass is 219 g/mol. The predicted molar refractivity (Wildman–Crippen MR) is 53.5 cm³/mol. The van der Waals surface area contributed by atoms with E-state index in [1.165, 1.54) is 18.5 Å². The molecule has 6 heteroatoms. The molecule has 0 unspecified atom stereocenters. The molecule has 0 aliphatic rings. The molecule has 2 aromatic rings. The summed E-state index contributed by atoms with van der Waals surface area (Å²) in [6.45, 7) is 2.01. The lowest BCUT2D eigenvalue weighted by Crippen LogP contribution is -2.02. The summed E-state index contributed by atoms with van der Waals surface area (Å²) >= 11 is 0. The Kier molecular flexibility index (Phi) is 2.90. The number of hydrogen-bond donors (Lipinski definition) is 0. The van der Waals surface area contributed by atoms with Gasteiger partial charge in [-0.3, -0.25) is 9.97 Å². The molecule has 0 saturated heterocycles. The minimum absolute atomic E-state index is 0.0579. The van der Waals surface area contributed by atoms with Crippen LogP contribution in [0.4, 0.5) is 0 Å². The highest BCUT2D eigenvalue weighted by molar-refractivity contribution is 5.87. The topological polar surface area (TPSA) is 78.1 Å². The summed E-state index contributed by atoms with van der Waals surface area (Å²) in [4.78, 5) is 19.2. The third kappa shape index (κ3) is 2.05. The van der Waals surface area contributed by atoms with E-state index in [1.807, 2.05) is 0 Å². The molecule has 0 aliphatic heterocycles. The van der Waals surface area contributed by atoms with E-state index in [9.17, 15) is 4.79 Å². The van der Waals surface area contributed by atoms with E-state index in [-0.39, 0.29) is 5.76 Å². The second-order valence-electron chi connectivity index (χ2n) is 2.89. The highest BCUT2D eigenvalue weighted by Crippen LogP contribution is 2.15. The number of carbonyl (C=O) groups is 1. The van der Waals surface area contributed by atoms with Crippen molar-refractivity contribution in [1.82, 2.24) is 15.1 Å². The maximum absolute atomic E-state index is 11.3. The summed E-state index contributed by atoms with van der Waals surface area (Å²) in [7, 11) is 0. The lowest BCUT2D eigenvalue weighted by Gasteiger charge is -1.94. The molecular weight excluding hydrogens is 210 g/mol. The third-order valence-corrected chi connectivity index (χ3v) is 1.81. The second-order valence-corrected chi connectivity index (χ2v) is 2.89. The molecule has 2 rings (SSSR count). The number of rotatable bonds is 3. The lowest BCUT2D eigenvalue weighted by molar-refractivity contribution is 0.0480. The first kappa shape index (κ1) is 10.3. The van der Waals surface area contributed by atoms with E-state index in [2.05, 4.69) is 15.1 Å². The first-order valence-corrected chi connectivity index (χ1v) is 4.71. The van der Waals surface area contributed by atoms with Gasteiger partial charge >= 0.3 is 5.97 Å². The molecule has 0 N–H and O–H groups in total. The quantitative estimate of drug-likeness (QED) is 0.724. The van der Waals surface area contributed by atoms with Crippen molar-refractivity contribution in [1.29, 1.82) is 0 Å². The van der Waals surface area contributed by atoms with Crippen LogP contribution in [0.1, 0.15) is 17.5 Å². The van der Waals surface area contributed by atoms with Gasteiger partial charge in [-0.25, -0.2) is 4.79 Å². The summed E-state index contributed by atoms with van der Waals surface area (Å²) in [5, 5.41) is 3.71. The molecule has 0 aliphatic carbocycles. The Morgan fingerprint density at radius 2 is 2.31 bits per heavy atom. The summed E-state index contributed by atoms with van der Waals surface area (Å²) < 4.78 is 9.61. The van der Waals surface area contributed by atoms with Crippen molar-refractivity contribution in [3.8, 4) is 11.4 Å². The van der Waals surface area contributed by atoms with Gasteiger partial charge in [0.1, 0.15) is 11.4 Å². The highest BCUT2D eigenvalue weighted by Gasteiger charge is 2.15.